The number of amides is 1. The Morgan fingerprint density at radius 3 is 2.42 bits per heavy atom. The topological polar surface area (TPSA) is 49.6 Å². The molecule has 0 unspecified atom stereocenters. The van der Waals surface area contributed by atoms with Crippen molar-refractivity contribution in [3.63, 3.8) is 0 Å². The average molecular weight is 261 g/mol. The van der Waals surface area contributed by atoms with Crippen molar-refractivity contribution in [1.82, 2.24) is 0 Å². The molecule has 2 rings (SSSR count). The third-order valence-corrected chi connectivity index (χ3v) is 3.69. The molecule has 4 heteroatoms. The van der Waals surface area contributed by atoms with Gasteiger partial charge in [-0.1, -0.05) is 0 Å². The fraction of sp³-hybridized carbons (Fsp3) is 0.533. The van der Waals surface area contributed by atoms with Crippen LogP contribution in [0.3, 0.4) is 0 Å². The summed E-state index contributed by atoms with van der Waals surface area (Å²) in [6.07, 6.45) is 4.28. The van der Waals surface area contributed by atoms with Gasteiger partial charge in [-0.2, -0.15) is 0 Å². The highest BCUT2D eigenvalue weighted by Gasteiger charge is 2.13. The van der Waals surface area contributed by atoms with Crippen LogP contribution in [0.5, 0.6) is 0 Å². The fourth-order valence-electron chi connectivity index (χ4n) is 2.47. The summed E-state index contributed by atoms with van der Waals surface area (Å²) in [5, 5.41) is 0. The number of carbonyl (C=O) groups excluding carboxylic acids is 1. The molecule has 1 heterocycles. The molecule has 19 heavy (non-hydrogen) atoms. The predicted octanol–water partition coefficient (Wildman–Crippen LogP) is 1.99. The monoisotopic (exact) mass is 261 g/mol. The van der Waals surface area contributed by atoms with Crippen molar-refractivity contribution in [3.8, 4) is 0 Å². The Bertz CT molecular complexity index is 410. The highest BCUT2D eigenvalue weighted by molar-refractivity contribution is 5.93. The molecule has 0 spiro atoms. The van der Waals surface area contributed by atoms with Gasteiger partial charge in [0, 0.05) is 44.5 Å². The van der Waals surface area contributed by atoms with Crippen LogP contribution in [0.25, 0.3) is 0 Å². The summed E-state index contributed by atoms with van der Waals surface area (Å²) in [6, 6.07) is 8.23. The highest BCUT2D eigenvalue weighted by atomic mass is 16.2. The molecule has 1 aliphatic rings. The van der Waals surface area contributed by atoms with Crippen LogP contribution in [0.2, 0.25) is 0 Å². The molecule has 0 bridgehead atoms. The minimum Gasteiger partial charge on any atom is -0.372 e. The molecule has 1 amide bonds. The van der Waals surface area contributed by atoms with Gasteiger partial charge in [-0.05, 0) is 43.5 Å². The number of nitrogens with two attached hydrogens (primary N) is 1. The van der Waals surface area contributed by atoms with E-state index in [-0.39, 0.29) is 5.91 Å². The van der Waals surface area contributed by atoms with E-state index in [9.17, 15) is 4.79 Å². The first-order valence-corrected chi connectivity index (χ1v) is 7.04. The van der Waals surface area contributed by atoms with Gasteiger partial charge in [0.1, 0.15) is 0 Å². The molecule has 104 valence electrons. The lowest BCUT2D eigenvalue weighted by Gasteiger charge is -2.29. The van der Waals surface area contributed by atoms with E-state index in [0.717, 1.165) is 18.8 Å². The largest absolute Gasteiger partial charge is 0.372 e. The molecule has 1 saturated heterocycles. The number of benzene rings is 1. The van der Waals surface area contributed by atoms with Crippen LogP contribution in [0.15, 0.2) is 24.3 Å². The van der Waals surface area contributed by atoms with Gasteiger partial charge in [-0.3, -0.25) is 4.79 Å². The second kappa shape index (κ2) is 6.57. The standard InChI is InChI=1S/C15H23N3O/c1-17(15(19)9-10-16)13-5-7-14(8-6-13)18-11-3-2-4-12-18/h5-8H,2-4,9-12,16H2,1H3. The second-order valence-corrected chi connectivity index (χ2v) is 5.06. The second-order valence-electron chi connectivity index (χ2n) is 5.06. The van der Waals surface area contributed by atoms with Crippen LogP contribution in [0.1, 0.15) is 25.7 Å². The number of carbonyl (C=O) groups is 1. The zero-order valence-corrected chi connectivity index (χ0v) is 11.6. The fourth-order valence-corrected chi connectivity index (χ4v) is 2.47. The van der Waals surface area contributed by atoms with Gasteiger partial charge in [0.05, 0.1) is 0 Å². The minimum atomic E-state index is 0.0632. The quantitative estimate of drug-likeness (QED) is 0.901. The third-order valence-electron chi connectivity index (χ3n) is 3.69. The molecule has 1 aromatic carbocycles. The Kier molecular flexibility index (Phi) is 4.80. The maximum Gasteiger partial charge on any atom is 0.227 e. The Labute approximate surface area is 115 Å². The summed E-state index contributed by atoms with van der Waals surface area (Å²) in [4.78, 5) is 15.9. The molecular weight excluding hydrogens is 238 g/mol. The van der Waals surface area contributed by atoms with E-state index < -0.39 is 0 Å². The van der Waals surface area contributed by atoms with E-state index in [1.807, 2.05) is 12.1 Å². The highest BCUT2D eigenvalue weighted by Crippen LogP contribution is 2.23. The molecule has 0 saturated carbocycles. The Balaban J connectivity index is 2.03. The first-order valence-electron chi connectivity index (χ1n) is 7.04. The number of anilines is 2. The molecule has 1 fully saturated rings. The number of piperidine rings is 1. The Hall–Kier alpha value is -1.55. The van der Waals surface area contributed by atoms with E-state index in [0.29, 0.717) is 13.0 Å². The van der Waals surface area contributed by atoms with Crippen molar-refractivity contribution in [2.45, 2.75) is 25.7 Å². The molecule has 0 aromatic heterocycles. The maximum absolute atomic E-state index is 11.8. The van der Waals surface area contributed by atoms with E-state index in [4.69, 9.17) is 5.73 Å². The molecular formula is C15H23N3O. The van der Waals surface area contributed by atoms with E-state index in [2.05, 4.69) is 17.0 Å². The maximum atomic E-state index is 11.8. The number of hydrogen-bond donors (Lipinski definition) is 1. The smallest absolute Gasteiger partial charge is 0.227 e. The number of hydrogen-bond acceptors (Lipinski definition) is 3. The van der Waals surface area contributed by atoms with Crippen molar-refractivity contribution < 1.29 is 4.79 Å². The van der Waals surface area contributed by atoms with Crippen molar-refractivity contribution in [2.75, 3.05) is 36.5 Å². The van der Waals surface area contributed by atoms with Crippen LogP contribution in [0, 0.1) is 0 Å². The molecule has 4 nitrogen and oxygen atoms in total. The van der Waals surface area contributed by atoms with E-state index in [1.54, 1.807) is 11.9 Å². The minimum absolute atomic E-state index is 0.0632. The summed E-state index contributed by atoms with van der Waals surface area (Å²) in [5.74, 6) is 0.0632. The zero-order valence-electron chi connectivity index (χ0n) is 11.6. The van der Waals surface area contributed by atoms with Gasteiger partial charge in [0.15, 0.2) is 0 Å². The van der Waals surface area contributed by atoms with Crippen molar-refractivity contribution >= 4 is 17.3 Å². The Morgan fingerprint density at radius 2 is 1.84 bits per heavy atom. The molecule has 0 radical (unpaired) electrons. The summed E-state index contributed by atoms with van der Waals surface area (Å²) in [6.45, 7) is 2.68. The normalized spacial score (nSPS) is 15.4. The molecule has 0 atom stereocenters. The van der Waals surface area contributed by atoms with Gasteiger partial charge in [-0.15, -0.1) is 0 Å². The third kappa shape index (κ3) is 3.47. The molecule has 0 aliphatic carbocycles. The summed E-state index contributed by atoms with van der Waals surface area (Å²) >= 11 is 0. The lowest BCUT2D eigenvalue weighted by atomic mass is 10.1. The van der Waals surface area contributed by atoms with E-state index >= 15 is 0 Å². The zero-order chi connectivity index (χ0) is 13.7. The lowest BCUT2D eigenvalue weighted by molar-refractivity contribution is -0.118. The summed E-state index contributed by atoms with van der Waals surface area (Å²) < 4.78 is 0. The van der Waals surface area contributed by atoms with Crippen LogP contribution in [-0.4, -0.2) is 32.6 Å². The van der Waals surface area contributed by atoms with Gasteiger partial charge in [-0.25, -0.2) is 0 Å². The van der Waals surface area contributed by atoms with Crippen LogP contribution < -0.4 is 15.5 Å². The van der Waals surface area contributed by atoms with Gasteiger partial charge in [0.25, 0.3) is 0 Å². The molecule has 2 N–H and O–H groups in total. The Morgan fingerprint density at radius 1 is 1.21 bits per heavy atom. The van der Waals surface area contributed by atoms with Crippen molar-refractivity contribution in [2.24, 2.45) is 5.73 Å². The van der Waals surface area contributed by atoms with Crippen LogP contribution in [0.4, 0.5) is 11.4 Å². The molecule has 1 aromatic rings. The first kappa shape index (κ1) is 13.9. The lowest BCUT2D eigenvalue weighted by Crippen LogP contribution is -2.30. The summed E-state index contributed by atoms with van der Waals surface area (Å²) in [5.41, 5.74) is 7.60. The first-order chi connectivity index (χ1) is 9.22. The SMILES string of the molecule is CN(C(=O)CCN)c1ccc(N2CCCCC2)cc1. The van der Waals surface area contributed by atoms with Gasteiger partial charge < -0.3 is 15.5 Å². The predicted molar refractivity (Wildman–Crippen MR) is 79.6 cm³/mol. The number of rotatable bonds is 4. The molecule has 1 aliphatic heterocycles. The summed E-state index contributed by atoms with van der Waals surface area (Å²) in [7, 11) is 1.80. The van der Waals surface area contributed by atoms with Crippen LogP contribution >= 0.6 is 0 Å². The van der Waals surface area contributed by atoms with Crippen LogP contribution in [-0.2, 0) is 4.79 Å². The van der Waals surface area contributed by atoms with Crippen molar-refractivity contribution in [1.29, 1.82) is 0 Å². The number of nitrogens with zero attached hydrogens (tertiary/aromatic N) is 2. The van der Waals surface area contributed by atoms with E-state index in [1.165, 1.54) is 24.9 Å². The van der Waals surface area contributed by atoms with Gasteiger partial charge in [0.2, 0.25) is 5.91 Å². The van der Waals surface area contributed by atoms with Gasteiger partial charge >= 0.3 is 0 Å². The average Bonchev–Trinajstić information content (AvgIpc) is 2.48. The van der Waals surface area contributed by atoms with Crippen molar-refractivity contribution in [3.05, 3.63) is 24.3 Å².